The first-order valence-corrected chi connectivity index (χ1v) is 7.24. The average Bonchev–Trinajstić information content (AvgIpc) is 2.50. The molecule has 0 heteroatoms. The van der Waals surface area contributed by atoms with Gasteiger partial charge in [-0.25, -0.2) is 0 Å². The van der Waals surface area contributed by atoms with Gasteiger partial charge in [0.25, 0.3) is 0 Å². The van der Waals surface area contributed by atoms with E-state index in [2.05, 4.69) is 70.4 Å². The predicted octanol–water partition coefficient (Wildman–Crippen LogP) is 6.09. The number of hydrogen-bond donors (Lipinski definition) is 0. The smallest absolute Gasteiger partial charge is 0.0355 e. The van der Waals surface area contributed by atoms with E-state index in [-0.39, 0.29) is 5.41 Å². The van der Waals surface area contributed by atoms with Gasteiger partial charge in [0.2, 0.25) is 0 Å². The topological polar surface area (TPSA) is 0 Å². The molecule has 0 saturated heterocycles. The Balaban J connectivity index is 3.47. The van der Waals surface area contributed by atoms with Crippen molar-refractivity contribution >= 4 is 0 Å². The van der Waals surface area contributed by atoms with E-state index in [9.17, 15) is 0 Å². The third-order valence-electron chi connectivity index (χ3n) is 3.78. The maximum absolute atomic E-state index is 3.93. The maximum Gasteiger partial charge on any atom is 0.0355 e. The molecule has 0 amide bonds. The molecule has 0 aromatic carbocycles. The van der Waals surface area contributed by atoms with E-state index in [4.69, 9.17) is 0 Å². The van der Waals surface area contributed by atoms with Crippen LogP contribution in [0.5, 0.6) is 0 Å². The van der Waals surface area contributed by atoms with Gasteiger partial charge in [0.15, 0.2) is 0 Å². The highest BCUT2D eigenvalue weighted by atomic mass is 14.3. The molecule has 0 nitrogen and oxygen atoms in total. The first kappa shape index (κ1) is 16.2. The molecular weight excluding hydrogens is 240 g/mol. The van der Waals surface area contributed by atoms with E-state index >= 15 is 0 Å². The molecule has 1 unspecified atom stereocenters. The zero-order chi connectivity index (χ0) is 15.0. The van der Waals surface area contributed by atoms with Crippen LogP contribution < -0.4 is 0 Å². The first-order chi connectivity index (χ1) is 9.60. The molecule has 20 heavy (non-hydrogen) atoms. The Morgan fingerprint density at radius 3 is 2.55 bits per heavy atom. The highest BCUT2D eigenvalue weighted by Crippen LogP contribution is 2.41. The van der Waals surface area contributed by atoms with Crippen LogP contribution in [0.3, 0.4) is 0 Å². The second kappa shape index (κ2) is 7.69. The van der Waals surface area contributed by atoms with Gasteiger partial charge in [0, 0.05) is 5.41 Å². The van der Waals surface area contributed by atoms with Gasteiger partial charge in [-0.1, -0.05) is 67.8 Å². The van der Waals surface area contributed by atoms with Gasteiger partial charge in [-0.05, 0) is 50.3 Å². The molecule has 0 bridgehead atoms. The van der Waals surface area contributed by atoms with E-state index in [0.717, 1.165) is 12.8 Å². The Hall–Kier alpha value is -1.82. The van der Waals surface area contributed by atoms with Gasteiger partial charge in [-0.2, -0.15) is 0 Å². The van der Waals surface area contributed by atoms with Gasteiger partial charge >= 0.3 is 0 Å². The molecule has 0 aliphatic heterocycles. The summed E-state index contributed by atoms with van der Waals surface area (Å²) < 4.78 is 0. The van der Waals surface area contributed by atoms with Crippen LogP contribution in [0, 0.1) is 5.41 Å². The van der Waals surface area contributed by atoms with Gasteiger partial charge in [0.1, 0.15) is 0 Å². The summed E-state index contributed by atoms with van der Waals surface area (Å²) in [6.45, 7) is 14.2. The van der Waals surface area contributed by atoms with Crippen LogP contribution in [-0.2, 0) is 0 Å². The van der Waals surface area contributed by atoms with Crippen LogP contribution in [0.2, 0.25) is 0 Å². The van der Waals surface area contributed by atoms with Crippen LogP contribution in [0.25, 0.3) is 0 Å². The van der Waals surface area contributed by atoms with Crippen molar-refractivity contribution in [3.05, 3.63) is 84.6 Å². The van der Waals surface area contributed by atoms with E-state index in [1.54, 1.807) is 0 Å². The van der Waals surface area contributed by atoms with Crippen LogP contribution in [0.4, 0.5) is 0 Å². The number of rotatable bonds is 6. The molecule has 1 aliphatic rings. The molecule has 0 aromatic rings. The van der Waals surface area contributed by atoms with Crippen molar-refractivity contribution in [2.75, 3.05) is 0 Å². The molecule has 1 aliphatic carbocycles. The van der Waals surface area contributed by atoms with Gasteiger partial charge in [-0.15, -0.1) is 0 Å². The molecule has 0 saturated carbocycles. The predicted molar refractivity (Wildman–Crippen MR) is 91.6 cm³/mol. The van der Waals surface area contributed by atoms with Crippen molar-refractivity contribution in [3.63, 3.8) is 0 Å². The molecule has 1 atom stereocenters. The van der Waals surface area contributed by atoms with Crippen LogP contribution in [-0.4, -0.2) is 0 Å². The van der Waals surface area contributed by atoms with Crippen molar-refractivity contribution in [1.29, 1.82) is 0 Å². The SMILES string of the molecule is C=C/C=C/C(C)(C1=CCCC=C1)C(/C=C\C)=C(\C)C=C. The Morgan fingerprint density at radius 1 is 1.30 bits per heavy atom. The molecule has 106 valence electrons. The Morgan fingerprint density at radius 2 is 2.05 bits per heavy atom. The van der Waals surface area contributed by atoms with Crippen molar-refractivity contribution in [2.45, 2.75) is 33.6 Å². The zero-order valence-electron chi connectivity index (χ0n) is 13.0. The summed E-state index contributed by atoms with van der Waals surface area (Å²) >= 11 is 0. The van der Waals surface area contributed by atoms with Crippen molar-refractivity contribution < 1.29 is 0 Å². The molecule has 0 fully saturated rings. The summed E-state index contributed by atoms with van der Waals surface area (Å²) in [6, 6.07) is 0. The third-order valence-corrected chi connectivity index (χ3v) is 3.78. The Labute approximate surface area is 124 Å². The molecule has 0 N–H and O–H groups in total. The monoisotopic (exact) mass is 266 g/mol. The van der Waals surface area contributed by atoms with Crippen LogP contribution >= 0.6 is 0 Å². The average molecular weight is 266 g/mol. The normalized spacial score (nSPS) is 19.6. The largest absolute Gasteiger partial charge is 0.0991 e. The van der Waals surface area contributed by atoms with Crippen LogP contribution in [0.1, 0.15) is 33.6 Å². The van der Waals surface area contributed by atoms with Crippen molar-refractivity contribution in [1.82, 2.24) is 0 Å². The summed E-state index contributed by atoms with van der Waals surface area (Å²) in [7, 11) is 0. The second-order valence-corrected chi connectivity index (χ2v) is 5.24. The molecule has 0 spiro atoms. The lowest BCUT2D eigenvalue weighted by Gasteiger charge is -2.32. The lowest BCUT2D eigenvalue weighted by atomic mass is 9.71. The zero-order valence-corrected chi connectivity index (χ0v) is 13.0. The fraction of sp³-hybridized carbons (Fsp3) is 0.300. The molecule has 0 aromatic heterocycles. The minimum Gasteiger partial charge on any atom is -0.0991 e. The first-order valence-electron chi connectivity index (χ1n) is 7.24. The number of hydrogen-bond acceptors (Lipinski definition) is 0. The molecule has 1 rings (SSSR count). The van der Waals surface area contributed by atoms with Gasteiger partial charge < -0.3 is 0 Å². The Kier molecular flexibility index (Phi) is 6.24. The van der Waals surface area contributed by atoms with E-state index in [1.807, 2.05) is 18.2 Å². The Bertz CT molecular complexity index is 506. The quantitative estimate of drug-likeness (QED) is 0.510. The van der Waals surface area contributed by atoms with Crippen molar-refractivity contribution in [3.8, 4) is 0 Å². The summed E-state index contributed by atoms with van der Waals surface area (Å²) in [4.78, 5) is 0. The molecular formula is C20H26. The summed E-state index contributed by atoms with van der Waals surface area (Å²) in [5.41, 5.74) is 3.69. The molecule has 0 heterocycles. The highest BCUT2D eigenvalue weighted by Gasteiger charge is 2.29. The van der Waals surface area contributed by atoms with Gasteiger partial charge in [0.05, 0.1) is 0 Å². The summed E-state index contributed by atoms with van der Waals surface area (Å²) in [6.07, 6.45) is 21.4. The molecule has 0 radical (unpaired) electrons. The van der Waals surface area contributed by atoms with Crippen LogP contribution in [0.15, 0.2) is 84.6 Å². The summed E-state index contributed by atoms with van der Waals surface area (Å²) in [5, 5.41) is 0. The standard InChI is InChI=1S/C20H26/c1-6-9-16-20(5,18-14-11-10-12-15-18)19(13-7-2)17(4)8-3/h6-9,11,13-16H,1,3,10,12H2,2,4-5H3/b13-7-,16-9+,19-17+. The summed E-state index contributed by atoms with van der Waals surface area (Å²) in [5.74, 6) is 0. The third kappa shape index (κ3) is 3.60. The van der Waals surface area contributed by atoms with Gasteiger partial charge in [-0.3, -0.25) is 0 Å². The van der Waals surface area contributed by atoms with E-state index in [1.165, 1.54) is 16.7 Å². The minimum absolute atomic E-state index is 0.143. The minimum atomic E-state index is -0.143. The number of allylic oxidation sites excluding steroid dienone is 12. The lowest BCUT2D eigenvalue weighted by Crippen LogP contribution is -2.20. The fourth-order valence-corrected chi connectivity index (χ4v) is 2.59. The second-order valence-electron chi connectivity index (χ2n) is 5.24. The fourth-order valence-electron chi connectivity index (χ4n) is 2.59. The van der Waals surface area contributed by atoms with E-state index in [0.29, 0.717) is 0 Å². The maximum atomic E-state index is 3.93. The lowest BCUT2D eigenvalue weighted by molar-refractivity contribution is 0.633. The van der Waals surface area contributed by atoms with E-state index < -0.39 is 0 Å². The highest BCUT2D eigenvalue weighted by molar-refractivity contribution is 5.49. The van der Waals surface area contributed by atoms with Crippen molar-refractivity contribution in [2.24, 2.45) is 5.41 Å².